The Morgan fingerprint density at radius 1 is 1.16 bits per heavy atom. The highest BCUT2D eigenvalue weighted by Crippen LogP contribution is 2.67. The van der Waals surface area contributed by atoms with E-state index in [9.17, 15) is 19.5 Å². The number of hydrogen-bond donors (Lipinski definition) is 1. The molecule has 0 amide bonds. The van der Waals surface area contributed by atoms with Crippen LogP contribution >= 0.6 is 0 Å². The van der Waals surface area contributed by atoms with Gasteiger partial charge in [0.25, 0.3) is 0 Å². The zero-order valence-electron chi connectivity index (χ0n) is 25.9. The fourth-order valence-electron chi connectivity index (χ4n) is 8.29. The molecule has 2 aromatic heterocycles. The van der Waals surface area contributed by atoms with E-state index in [2.05, 4.69) is 25.8 Å². The van der Waals surface area contributed by atoms with E-state index in [1.807, 2.05) is 6.92 Å². The Hall–Kier alpha value is -3.24. The number of aromatic nitrogens is 1. The van der Waals surface area contributed by atoms with Gasteiger partial charge < -0.3 is 28.5 Å². The van der Waals surface area contributed by atoms with E-state index in [4.69, 9.17) is 23.4 Å². The number of carbonyl (C=O) groups excluding carboxylic acids is 2. The van der Waals surface area contributed by atoms with Gasteiger partial charge in [0, 0.05) is 55.8 Å². The predicted molar refractivity (Wildman–Crippen MR) is 156 cm³/mol. The molecule has 10 heteroatoms. The Morgan fingerprint density at radius 2 is 1.93 bits per heavy atom. The molecule has 1 aliphatic heterocycles. The number of fused-ring (bicyclic) bond motifs is 4. The maximum absolute atomic E-state index is 13.5. The fourth-order valence-corrected chi connectivity index (χ4v) is 8.29. The summed E-state index contributed by atoms with van der Waals surface area (Å²) in [6.45, 7) is 11.5. The molecule has 2 fully saturated rings. The lowest BCUT2D eigenvalue weighted by molar-refractivity contribution is -0.273. The zero-order chi connectivity index (χ0) is 31.2. The third-order valence-electron chi connectivity index (χ3n) is 10.2. The number of pyridine rings is 1. The molecule has 43 heavy (non-hydrogen) atoms. The lowest BCUT2D eigenvalue weighted by Crippen LogP contribution is -2.71. The SMILES string of the molecule is CCCCO[C@H]1CC[C@@]2(C)C(C[C@H](OC(C)=O)[C@@]3(C)Oc4cc(-c5cccnc5)oc(=O)c4[C@H](O)C23)[C@]1(C)COC(C)=O. The van der Waals surface area contributed by atoms with Crippen LogP contribution in [-0.4, -0.2) is 53.1 Å². The van der Waals surface area contributed by atoms with Crippen molar-refractivity contribution >= 4 is 11.9 Å². The molecule has 0 spiro atoms. The molecule has 2 saturated carbocycles. The Labute approximate surface area is 252 Å². The molecule has 1 N–H and O–H groups in total. The number of hydrogen-bond acceptors (Lipinski definition) is 10. The normalized spacial score (nSPS) is 34.6. The molecule has 0 aromatic carbocycles. The van der Waals surface area contributed by atoms with Crippen LogP contribution in [0.15, 0.2) is 39.8 Å². The number of rotatable bonds is 8. The van der Waals surface area contributed by atoms with Crippen LogP contribution < -0.4 is 10.4 Å². The van der Waals surface area contributed by atoms with Gasteiger partial charge in [-0.05, 0) is 56.1 Å². The molecule has 2 aromatic rings. The minimum absolute atomic E-state index is 0.0431. The molecule has 0 radical (unpaired) electrons. The molecule has 0 bridgehead atoms. The minimum Gasteiger partial charge on any atom is -0.482 e. The van der Waals surface area contributed by atoms with E-state index >= 15 is 0 Å². The highest BCUT2D eigenvalue weighted by Gasteiger charge is 2.70. The topological polar surface area (TPSA) is 134 Å². The van der Waals surface area contributed by atoms with Crippen molar-refractivity contribution in [1.82, 2.24) is 4.98 Å². The summed E-state index contributed by atoms with van der Waals surface area (Å²) >= 11 is 0. The van der Waals surface area contributed by atoms with Gasteiger partial charge in [0.1, 0.15) is 28.8 Å². The summed E-state index contributed by atoms with van der Waals surface area (Å²) < 4.78 is 30.5. The number of aliphatic hydroxyl groups is 1. The van der Waals surface area contributed by atoms with Crippen molar-refractivity contribution in [3.8, 4) is 17.1 Å². The van der Waals surface area contributed by atoms with Crippen LogP contribution in [0.4, 0.5) is 0 Å². The molecule has 2 aliphatic carbocycles. The average Bonchev–Trinajstić information content (AvgIpc) is 2.94. The van der Waals surface area contributed by atoms with Gasteiger partial charge in [0.05, 0.1) is 18.8 Å². The standard InChI is InChI=1S/C33H43NO9/c1-7-8-14-39-25-11-12-31(4)24(32(25,5)18-40-19(2)35)16-26(41-20(3)36)33(6)29(31)28(37)27-23(43-33)15-22(42-30(27)38)21-10-9-13-34-17-21/h9-10,13,15,17,24-26,28-29,37H,7-8,11-12,14,16,18H2,1-6H3/t24?,25-,26-,28-,29?,31-,32-,33+/m0/s1. The zero-order valence-corrected chi connectivity index (χ0v) is 25.9. The van der Waals surface area contributed by atoms with Crippen LogP contribution in [0, 0.1) is 22.7 Å². The molecule has 3 aliphatic rings. The van der Waals surface area contributed by atoms with Crippen molar-refractivity contribution in [2.75, 3.05) is 13.2 Å². The fraction of sp³-hybridized carbons (Fsp3) is 0.636. The number of ether oxygens (including phenoxy) is 4. The van der Waals surface area contributed by atoms with Crippen molar-refractivity contribution in [2.45, 2.75) is 97.6 Å². The molecule has 8 atom stereocenters. The predicted octanol–water partition coefficient (Wildman–Crippen LogP) is 5.01. The highest BCUT2D eigenvalue weighted by molar-refractivity contribution is 5.66. The van der Waals surface area contributed by atoms with E-state index in [1.165, 1.54) is 13.8 Å². The van der Waals surface area contributed by atoms with Gasteiger partial charge in [-0.15, -0.1) is 0 Å². The number of nitrogens with zero attached hydrogens (tertiary/aromatic N) is 1. The third-order valence-corrected chi connectivity index (χ3v) is 10.2. The van der Waals surface area contributed by atoms with Crippen LogP contribution in [0.1, 0.15) is 85.3 Å². The Balaban J connectivity index is 1.63. The maximum Gasteiger partial charge on any atom is 0.345 e. The van der Waals surface area contributed by atoms with Crippen LogP contribution in [0.3, 0.4) is 0 Å². The van der Waals surface area contributed by atoms with Gasteiger partial charge in [-0.25, -0.2) is 4.79 Å². The van der Waals surface area contributed by atoms with Crippen molar-refractivity contribution < 1.29 is 38.1 Å². The monoisotopic (exact) mass is 597 g/mol. The van der Waals surface area contributed by atoms with Gasteiger partial charge in [-0.3, -0.25) is 14.6 Å². The summed E-state index contributed by atoms with van der Waals surface area (Å²) in [5.41, 5.74) is -2.52. The van der Waals surface area contributed by atoms with Crippen LogP contribution in [0.25, 0.3) is 11.3 Å². The Kier molecular flexibility index (Phi) is 8.48. The highest BCUT2D eigenvalue weighted by atomic mass is 16.6. The summed E-state index contributed by atoms with van der Waals surface area (Å²) in [7, 11) is 0. The third kappa shape index (κ3) is 5.37. The molecule has 10 nitrogen and oxygen atoms in total. The summed E-state index contributed by atoms with van der Waals surface area (Å²) in [6.07, 6.45) is 4.54. The first kappa shape index (κ1) is 31.2. The van der Waals surface area contributed by atoms with E-state index < -0.39 is 52.1 Å². The average molecular weight is 598 g/mol. The smallest absolute Gasteiger partial charge is 0.345 e. The van der Waals surface area contributed by atoms with E-state index in [-0.39, 0.29) is 35.7 Å². The summed E-state index contributed by atoms with van der Waals surface area (Å²) in [5, 5.41) is 12.1. The van der Waals surface area contributed by atoms with Crippen molar-refractivity contribution in [3.63, 3.8) is 0 Å². The lowest BCUT2D eigenvalue weighted by Gasteiger charge is -2.66. The molecule has 234 valence electrons. The second-order valence-corrected chi connectivity index (χ2v) is 13.1. The second-order valence-electron chi connectivity index (χ2n) is 13.1. The first-order valence-corrected chi connectivity index (χ1v) is 15.2. The second kappa shape index (κ2) is 11.7. The van der Waals surface area contributed by atoms with Crippen molar-refractivity contribution in [2.24, 2.45) is 22.7 Å². The quantitative estimate of drug-likeness (QED) is 0.327. The van der Waals surface area contributed by atoms with Crippen molar-refractivity contribution in [1.29, 1.82) is 0 Å². The van der Waals surface area contributed by atoms with E-state index in [1.54, 1.807) is 30.6 Å². The number of carbonyl (C=O) groups is 2. The van der Waals surface area contributed by atoms with E-state index in [0.29, 0.717) is 31.4 Å². The lowest BCUT2D eigenvalue weighted by atomic mass is 9.42. The largest absolute Gasteiger partial charge is 0.482 e. The number of unbranched alkanes of at least 4 members (excludes halogenated alkanes) is 1. The summed E-state index contributed by atoms with van der Waals surface area (Å²) in [4.78, 5) is 42.1. The maximum atomic E-state index is 13.5. The van der Waals surface area contributed by atoms with Gasteiger partial charge >= 0.3 is 17.6 Å². The van der Waals surface area contributed by atoms with Crippen LogP contribution in [0.5, 0.6) is 5.75 Å². The first-order valence-electron chi connectivity index (χ1n) is 15.2. The molecular formula is C33H43NO9. The van der Waals surface area contributed by atoms with Gasteiger partial charge in [-0.1, -0.05) is 27.2 Å². The number of aliphatic hydroxyl groups excluding tert-OH is 1. The van der Waals surface area contributed by atoms with Gasteiger partial charge in [-0.2, -0.15) is 0 Å². The first-order chi connectivity index (χ1) is 20.3. The Morgan fingerprint density at radius 3 is 2.58 bits per heavy atom. The molecule has 0 saturated heterocycles. The van der Waals surface area contributed by atoms with Crippen molar-refractivity contribution in [3.05, 3.63) is 46.6 Å². The summed E-state index contributed by atoms with van der Waals surface area (Å²) in [6, 6.07) is 5.09. The van der Waals surface area contributed by atoms with Crippen LogP contribution in [-0.2, 0) is 23.8 Å². The van der Waals surface area contributed by atoms with Crippen LogP contribution in [0.2, 0.25) is 0 Å². The molecule has 5 rings (SSSR count). The van der Waals surface area contributed by atoms with Gasteiger partial charge in [0.2, 0.25) is 0 Å². The summed E-state index contributed by atoms with van der Waals surface area (Å²) in [5.74, 6) is -1.29. The molecule has 2 unspecified atom stereocenters. The van der Waals surface area contributed by atoms with E-state index in [0.717, 1.165) is 12.8 Å². The molecular weight excluding hydrogens is 554 g/mol. The minimum atomic E-state index is -1.27. The Bertz CT molecular complexity index is 1410. The van der Waals surface area contributed by atoms with Gasteiger partial charge in [0.15, 0.2) is 0 Å². The molecule has 3 heterocycles. The number of esters is 2.